The molecule has 3 heteroatoms. The average molecular weight is 260 g/mol. The van der Waals surface area contributed by atoms with E-state index >= 15 is 0 Å². The lowest BCUT2D eigenvalue weighted by Crippen LogP contribution is -2.49. The maximum Gasteiger partial charge on any atom is 0.142 e. The minimum Gasteiger partial charge on any atom is -0.495 e. The summed E-state index contributed by atoms with van der Waals surface area (Å²) < 4.78 is 5.54. The van der Waals surface area contributed by atoms with E-state index in [1.165, 1.54) is 31.4 Å². The molecule has 3 nitrogen and oxygen atoms in total. The van der Waals surface area contributed by atoms with Crippen molar-refractivity contribution in [2.45, 2.75) is 50.7 Å². The second-order valence-electron chi connectivity index (χ2n) is 5.69. The minimum absolute atomic E-state index is 0.680. The Morgan fingerprint density at radius 1 is 1.21 bits per heavy atom. The molecule has 2 unspecified atom stereocenters. The van der Waals surface area contributed by atoms with Crippen LogP contribution < -0.4 is 15.0 Å². The summed E-state index contributed by atoms with van der Waals surface area (Å²) in [4.78, 5) is 2.62. The summed E-state index contributed by atoms with van der Waals surface area (Å²) in [5, 5.41) is 3.63. The summed E-state index contributed by atoms with van der Waals surface area (Å²) >= 11 is 0. The van der Waals surface area contributed by atoms with Gasteiger partial charge in [-0.1, -0.05) is 19.1 Å². The van der Waals surface area contributed by atoms with Crippen LogP contribution in [0.25, 0.3) is 0 Å². The number of ether oxygens (including phenoxy) is 1. The van der Waals surface area contributed by atoms with E-state index in [-0.39, 0.29) is 0 Å². The van der Waals surface area contributed by atoms with E-state index in [0.29, 0.717) is 18.1 Å². The molecule has 104 valence electrons. The number of hydrogen-bond acceptors (Lipinski definition) is 3. The van der Waals surface area contributed by atoms with Gasteiger partial charge in [0, 0.05) is 18.1 Å². The molecule has 0 aliphatic carbocycles. The monoisotopic (exact) mass is 260 g/mol. The lowest BCUT2D eigenvalue weighted by Gasteiger charge is -2.41. The molecule has 2 aliphatic rings. The number of hydrogen-bond donors (Lipinski definition) is 1. The molecule has 2 fully saturated rings. The van der Waals surface area contributed by atoms with Gasteiger partial charge in [-0.05, 0) is 44.4 Å². The molecule has 1 N–H and O–H groups in total. The SMILES string of the molecule is CCNC1CC2CCC(C1)N2c1ccccc1OC. The summed E-state index contributed by atoms with van der Waals surface area (Å²) in [6.07, 6.45) is 5.18. The van der Waals surface area contributed by atoms with Crippen molar-refractivity contribution in [3.63, 3.8) is 0 Å². The first-order chi connectivity index (χ1) is 9.33. The van der Waals surface area contributed by atoms with E-state index in [4.69, 9.17) is 4.74 Å². The number of nitrogens with one attached hydrogen (secondary N) is 1. The average Bonchev–Trinajstić information content (AvgIpc) is 2.70. The molecule has 1 aromatic rings. The number of fused-ring (bicyclic) bond motifs is 2. The predicted octanol–water partition coefficient (Wildman–Crippen LogP) is 2.80. The summed E-state index contributed by atoms with van der Waals surface area (Å²) in [5.41, 5.74) is 1.28. The number of benzene rings is 1. The fraction of sp³-hybridized carbons (Fsp3) is 0.625. The number of methoxy groups -OCH3 is 1. The van der Waals surface area contributed by atoms with Gasteiger partial charge in [-0.3, -0.25) is 0 Å². The Morgan fingerprint density at radius 2 is 1.89 bits per heavy atom. The molecule has 0 aromatic heterocycles. The van der Waals surface area contributed by atoms with Gasteiger partial charge < -0.3 is 15.0 Å². The number of piperidine rings is 1. The molecule has 0 spiro atoms. The maximum atomic E-state index is 5.54. The van der Waals surface area contributed by atoms with Crippen LogP contribution in [0.3, 0.4) is 0 Å². The zero-order chi connectivity index (χ0) is 13.2. The normalized spacial score (nSPS) is 29.6. The lowest BCUT2D eigenvalue weighted by atomic mass is 9.96. The van der Waals surface area contributed by atoms with Gasteiger partial charge in [-0.25, -0.2) is 0 Å². The molecule has 0 amide bonds. The van der Waals surface area contributed by atoms with Crippen molar-refractivity contribution in [2.75, 3.05) is 18.6 Å². The maximum absolute atomic E-state index is 5.54. The van der Waals surface area contributed by atoms with Crippen molar-refractivity contribution in [2.24, 2.45) is 0 Å². The van der Waals surface area contributed by atoms with Crippen LogP contribution in [0.5, 0.6) is 5.75 Å². The second kappa shape index (κ2) is 5.41. The summed E-state index contributed by atoms with van der Waals surface area (Å²) in [7, 11) is 1.77. The number of anilines is 1. The molecule has 2 aliphatic heterocycles. The molecule has 2 atom stereocenters. The molecule has 3 rings (SSSR count). The van der Waals surface area contributed by atoms with Crippen LogP contribution in [-0.4, -0.2) is 31.8 Å². The van der Waals surface area contributed by atoms with Crippen LogP contribution in [0.4, 0.5) is 5.69 Å². The van der Waals surface area contributed by atoms with E-state index in [0.717, 1.165) is 12.3 Å². The smallest absolute Gasteiger partial charge is 0.142 e. The van der Waals surface area contributed by atoms with E-state index in [2.05, 4.69) is 41.4 Å². The Balaban J connectivity index is 1.83. The Morgan fingerprint density at radius 3 is 2.53 bits per heavy atom. The van der Waals surface area contributed by atoms with Crippen LogP contribution in [0.2, 0.25) is 0 Å². The van der Waals surface area contributed by atoms with Crippen molar-refractivity contribution in [1.82, 2.24) is 5.32 Å². The Kier molecular flexibility index (Phi) is 3.65. The zero-order valence-corrected chi connectivity index (χ0v) is 11.9. The summed E-state index contributed by atoms with van der Waals surface area (Å²) in [5.74, 6) is 1.02. The largest absolute Gasteiger partial charge is 0.495 e. The topological polar surface area (TPSA) is 24.5 Å². The molecule has 1 aromatic carbocycles. The third-order valence-electron chi connectivity index (χ3n) is 4.59. The van der Waals surface area contributed by atoms with Gasteiger partial charge in [0.05, 0.1) is 12.8 Å². The van der Waals surface area contributed by atoms with Gasteiger partial charge in [0.15, 0.2) is 0 Å². The fourth-order valence-corrected chi connectivity index (χ4v) is 3.87. The van der Waals surface area contributed by atoms with E-state index in [9.17, 15) is 0 Å². The molecular weight excluding hydrogens is 236 g/mol. The molecular formula is C16H24N2O. The third kappa shape index (κ3) is 2.32. The van der Waals surface area contributed by atoms with Gasteiger partial charge in [-0.2, -0.15) is 0 Å². The number of para-hydroxylation sites is 2. The van der Waals surface area contributed by atoms with Crippen LogP contribution in [0, 0.1) is 0 Å². The molecule has 0 saturated carbocycles. The van der Waals surface area contributed by atoms with Crippen molar-refractivity contribution >= 4 is 5.69 Å². The fourth-order valence-electron chi connectivity index (χ4n) is 3.87. The first-order valence-electron chi connectivity index (χ1n) is 7.48. The lowest BCUT2D eigenvalue weighted by molar-refractivity contribution is 0.355. The van der Waals surface area contributed by atoms with Gasteiger partial charge in [0.1, 0.15) is 5.75 Å². The highest BCUT2D eigenvalue weighted by Gasteiger charge is 2.41. The molecule has 2 bridgehead atoms. The molecule has 0 radical (unpaired) electrons. The second-order valence-corrected chi connectivity index (χ2v) is 5.69. The van der Waals surface area contributed by atoms with Gasteiger partial charge in [0.25, 0.3) is 0 Å². The molecule has 2 heterocycles. The van der Waals surface area contributed by atoms with E-state index in [1.54, 1.807) is 7.11 Å². The van der Waals surface area contributed by atoms with Crippen LogP contribution in [-0.2, 0) is 0 Å². The van der Waals surface area contributed by atoms with Gasteiger partial charge in [-0.15, -0.1) is 0 Å². The minimum atomic E-state index is 0.680. The van der Waals surface area contributed by atoms with Crippen molar-refractivity contribution in [1.29, 1.82) is 0 Å². The highest BCUT2D eigenvalue weighted by molar-refractivity contribution is 5.61. The standard InChI is InChI=1S/C16H24N2O/c1-3-17-12-10-13-8-9-14(11-12)18(13)15-6-4-5-7-16(15)19-2/h4-7,12-14,17H,3,8-11H2,1-2H3. The first-order valence-corrected chi connectivity index (χ1v) is 7.48. The van der Waals surface area contributed by atoms with Crippen molar-refractivity contribution in [3.05, 3.63) is 24.3 Å². The van der Waals surface area contributed by atoms with E-state index in [1.807, 2.05) is 0 Å². The molecule has 2 saturated heterocycles. The number of rotatable bonds is 4. The van der Waals surface area contributed by atoms with Crippen LogP contribution >= 0.6 is 0 Å². The van der Waals surface area contributed by atoms with E-state index < -0.39 is 0 Å². The Labute approximate surface area is 115 Å². The highest BCUT2D eigenvalue weighted by atomic mass is 16.5. The Hall–Kier alpha value is -1.22. The quantitative estimate of drug-likeness (QED) is 0.901. The Bertz CT molecular complexity index is 421. The van der Waals surface area contributed by atoms with Crippen LogP contribution in [0.1, 0.15) is 32.6 Å². The third-order valence-corrected chi connectivity index (χ3v) is 4.59. The van der Waals surface area contributed by atoms with Crippen molar-refractivity contribution < 1.29 is 4.74 Å². The highest BCUT2D eigenvalue weighted by Crippen LogP contribution is 2.42. The van der Waals surface area contributed by atoms with Crippen LogP contribution in [0.15, 0.2) is 24.3 Å². The predicted molar refractivity (Wildman–Crippen MR) is 79.0 cm³/mol. The summed E-state index contributed by atoms with van der Waals surface area (Å²) in [6.45, 7) is 3.28. The number of nitrogens with zero attached hydrogens (tertiary/aromatic N) is 1. The molecule has 19 heavy (non-hydrogen) atoms. The first kappa shape index (κ1) is 12.8. The summed E-state index contributed by atoms with van der Waals surface area (Å²) in [6, 6.07) is 10.5. The van der Waals surface area contributed by atoms with Gasteiger partial charge >= 0.3 is 0 Å². The zero-order valence-electron chi connectivity index (χ0n) is 11.9. The van der Waals surface area contributed by atoms with Gasteiger partial charge in [0.2, 0.25) is 0 Å². The van der Waals surface area contributed by atoms with Crippen molar-refractivity contribution in [3.8, 4) is 5.75 Å².